The lowest BCUT2D eigenvalue weighted by molar-refractivity contribution is -0.0633. The molecule has 1 unspecified atom stereocenters. The van der Waals surface area contributed by atoms with Crippen molar-refractivity contribution in [1.29, 1.82) is 0 Å². The monoisotopic (exact) mass is 386 g/mol. The Morgan fingerprint density at radius 3 is 2.11 bits per heavy atom. The Balaban J connectivity index is 1.35. The molecule has 0 aliphatic heterocycles. The van der Waals surface area contributed by atoms with E-state index in [1.807, 2.05) is 12.1 Å². The van der Waals surface area contributed by atoms with Gasteiger partial charge in [-0.25, -0.2) is 4.79 Å². The Kier molecular flexibility index (Phi) is 4.90. The molecule has 4 saturated carbocycles. The third-order valence-electron chi connectivity index (χ3n) is 7.28. The van der Waals surface area contributed by atoms with Crippen LogP contribution in [-0.4, -0.2) is 19.4 Å². The number of carbonyl (C=O) groups is 1. The van der Waals surface area contributed by atoms with E-state index in [-0.39, 0.29) is 0 Å². The van der Waals surface area contributed by atoms with Crippen molar-refractivity contribution in [2.75, 3.05) is 0 Å². The number of hydrogen-bond acceptors (Lipinski definition) is 2. The van der Waals surface area contributed by atoms with Crippen molar-refractivity contribution in [1.82, 2.24) is 0 Å². The molecule has 4 aliphatic rings. The maximum atomic E-state index is 11.0. The van der Waals surface area contributed by atoms with Crippen molar-refractivity contribution in [3.05, 3.63) is 29.8 Å². The summed E-state index contributed by atoms with van der Waals surface area (Å²) in [6.07, 6.45) is 10.4. The lowest BCUT2D eigenvalue weighted by atomic mass is 9.48. The highest BCUT2D eigenvalue weighted by atomic mass is 28.4. The standard InChI is InChI=1S/C23H34O3Si/c1-16(11-23-12-17-8-18(13-23)10-19(9-17)14-23)15-27(2,3)26-21-6-4-20(5-7-21)22(24)25/h4-7,16-19H,8-15H2,1-3H3,(H,24,25). The Bertz CT molecular complexity index is 659. The van der Waals surface area contributed by atoms with Crippen LogP contribution in [0.2, 0.25) is 19.1 Å². The van der Waals surface area contributed by atoms with Gasteiger partial charge in [-0.3, -0.25) is 0 Å². The van der Waals surface area contributed by atoms with Gasteiger partial charge in [-0.05, 0) is 117 Å². The summed E-state index contributed by atoms with van der Waals surface area (Å²) >= 11 is 0. The lowest BCUT2D eigenvalue weighted by Crippen LogP contribution is -2.47. The Morgan fingerprint density at radius 2 is 1.63 bits per heavy atom. The predicted octanol–water partition coefficient (Wildman–Crippen LogP) is 6.21. The molecule has 4 bridgehead atoms. The zero-order chi connectivity index (χ0) is 19.2. The molecule has 4 heteroatoms. The van der Waals surface area contributed by atoms with Crippen molar-refractivity contribution in [3.63, 3.8) is 0 Å². The van der Waals surface area contributed by atoms with E-state index in [2.05, 4.69) is 20.0 Å². The van der Waals surface area contributed by atoms with Gasteiger partial charge in [0.25, 0.3) is 0 Å². The molecule has 4 fully saturated rings. The summed E-state index contributed by atoms with van der Waals surface area (Å²) in [5.41, 5.74) is 0.957. The largest absolute Gasteiger partial charge is 0.544 e. The van der Waals surface area contributed by atoms with Gasteiger partial charge in [0.1, 0.15) is 5.75 Å². The number of aromatic carboxylic acids is 1. The first kappa shape index (κ1) is 19.0. The first-order valence-electron chi connectivity index (χ1n) is 10.7. The van der Waals surface area contributed by atoms with E-state index in [9.17, 15) is 4.79 Å². The molecule has 0 saturated heterocycles. The molecule has 0 amide bonds. The molecule has 1 aromatic carbocycles. The van der Waals surface area contributed by atoms with Gasteiger partial charge >= 0.3 is 5.97 Å². The summed E-state index contributed by atoms with van der Waals surface area (Å²) in [5, 5.41) is 9.04. The molecular formula is C23H34O3Si. The Hall–Kier alpha value is -1.29. The van der Waals surface area contributed by atoms with Crippen LogP contribution in [-0.2, 0) is 0 Å². The first-order valence-corrected chi connectivity index (χ1v) is 13.9. The van der Waals surface area contributed by atoms with Crippen LogP contribution in [0, 0.1) is 29.1 Å². The third-order valence-corrected chi connectivity index (χ3v) is 9.75. The van der Waals surface area contributed by atoms with E-state index in [1.54, 1.807) is 12.1 Å². The highest BCUT2D eigenvalue weighted by molar-refractivity contribution is 6.71. The van der Waals surface area contributed by atoms with E-state index >= 15 is 0 Å². The highest BCUT2D eigenvalue weighted by Gasteiger charge is 2.51. The van der Waals surface area contributed by atoms with Crippen LogP contribution in [0.1, 0.15) is 62.2 Å². The maximum absolute atomic E-state index is 11.0. The van der Waals surface area contributed by atoms with E-state index in [1.165, 1.54) is 51.0 Å². The second kappa shape index (κ2) is 6.95. The minimum absolute atomic E-state index is 0.317. The quantitative estimate of drug-likeness (QED) is 0.567. The molecule has 148 valence electrons. The van der Waals surface area contributed by atoms with E-state index in [0.717, 1.165) is 23.5 Å². The van der Waals surface area contributed by atoms with Gasteiger partial charge in [-0.2, -0.15) is 0 Å². The normalized spacial score (nSPS) is 33.1. The number of rotatable bonds is 7. The SMILES string of the molecule is CC(CC12CC3CC(CC(C3)C1)C2)C[Si](C)(C)Oc1ccc(C(=O)O)cc1. The van der Waals surface area contributed by atoms with Crippen LogP contribution < -0.4 is 4.43 Å². The molecule has 27 heavy (non-hydrogen) atoms. The van der Waals surface area contributed by atoms with Gasteiger partial charge in [0.15, 0.2) is 0 Å². The van der Waals surface area contributed by atoms with Crippen molar-refractivity contribution in [2.45, 2.75) is 71.0 Å². The van der Waals surface area contributed by atoms with Crippen LogP contribution >= 0.6 is 0 Å². The molecule has 3 nitrogen and oxygen atoms in total. The second-order valence-corrected chi connectivity index (χ2v) is 14.8. The average molecular weight is 387 g/mol. The van der Waals surface area contributed by atoms with Gasteiger partial charge in [-0.15, -0.1) is 0 Å². The van der Waals surface area contributed by atoms with Crippen molar-refractivity contribution < 1.29 is 14.3 Å². The van der Waals surface area contributed by atoms with Crippen molar-refractivity contribution in [3.8, 4) is 5.75 Å². The fourth-order valence-electron chi connectivity index (χ4n) is 7.22. The lowest BCUT2D eigenvalue weighted by Gasteiger charge is -2.57. The highest BCUT2D eigenvalue weighted by Crippen LogP contribution is 2.62. The fourth-order valence-corrected chi connectivity index (χ4v) is 9.90. The molecule has 0 spiro atoms. The summed E-state index contributed by atoms with van der Waals surface area (Å²) < 4.78 is 6.37. The molecule has 1 atom stereocenters. The molecular weight excluding hydrogens is 352 g/mol. The topological polar surface area (TPSA) is 46.5 Å². The van der Waals surface area contributed by atoms with Gasteiger partial charge < -0.3 is 9.53 Å². The van der Waals surface area contributed by atoms with Crippen LogP contribution in [0.15, 0.2) is 24.3 Å². The minimum Gasteiger partial charge on any atom is -0.544 e. The van der Waals surface area contributed by atoms with E-state index < -0.39 is 14.3 Å². The summed E-state index contributed by atoms with van der Waals surface area (Å²) in [6, 6.07) is 8.07. The molecule has 1 aromatic rings. The van der Waals surface area contributed by atoms with Gasteiger partial charge in [0.05, 0.1) is 5.56 Å². The van der Waals surface area contributed by atoms with Gasteiger partial charge in [0.2, 0.25) is 8.32 Å². The summed E-state index contributed by atoms with van der Waals surface area (Å²) in [5.74, 6) is 3.72. The van der Waals surface area contributed by atoms with Crippen LogP contribution in [0.5, 0.6) is 5.75 Å². The first-order chi connectivity index (χ1) is 12.7. The number of benzene rings is 1. The molecule has 0 aromatic heterocycles. The number of carboxylic acids is 1. The summed E-state index contributed by atoms with van der Waals surface area (Å²) in [6.45, 7) is 7.03. The van der Waals surface area contributed by atoms with Crippen LogP contribution in [0.4, 0.5) is 0 Å². The summed E-state index contributed by atoms with van der Waals surface area (Å²) in [4.78, 5) is 11.0. The smallest absolute Gasteiger partial charge is 0.335 e. The average Bonchev–Trinajstić information content (AvgIpc) is 2.52. The maximum Gasteiger partial charge on any atom is 0.335 e. The van der Waals surface area contributed by atoms with Gasteiger partial charge in [-0.1, -0.05) is 6.92 Å². The van der Waals surface area contributed by atoms with Crippen molar-refractivity contribution >= 4 is 14.3 Å². The zero-order valence-corrected chi connectivity index (χ0v) is 18.0. The molecule has 1 N–H and O–H groups in total. The summed E-state index contributed by atoms with van der Waals surface area (Å²) in [7, 11) is -1.83. The minimum atomic E-state index is -1.83. The Labute approximate surface area is 164 Å². The zero-order valence-electron chi connectivity index (χ0n) is 17.0. The van der Waals surface area contributed by atoms with Crippen LogP contribution in [0.3, 0.4) is 0 Å². The van der Waals surface area contributed by atoms with E-state index in [0.29, 0.717) is 16.9 Å². The Morgan fingerprint density at radius 1 is 1.11 bits per heavy atom. The van der Waals surface area contributed by atoms with Crippen LogP contribution in [0.25, 0.3) is 0 Å². The molecule has 4 aliphatic carbocycles. The molecule has 0 radical (unpaired) electrons. The third kappa shape index (κ3) is 4.26. The molecule has 0 heterocycles. The number of hydrogen-bond donors (Lipinski definition) is 1. The molecule has 5 rings (SSSR count). The second-order valence-electron chi connectivity index (χ2n) is 10.6. The fraction of sp³-hybridized carbons (Fsp3) is 0.696. The van der Waals surface area contributed by atoms with Gasteiger partial charge in [0, 0.05) is 0 Å². The van der Waals surface area contributed by atoms with Crippen molar-refractivity contribution in [2.24, 2.45) is 29.1 Å². The number of carboxylic acid groups (broad SMARTS) is 1. The predicted molar refractivity (Wildman–Crippen MR) is 111 cm³/mol. The van der Waals surface area contributed by atoms with E-state index in [4.69, 9.17) is 9.53 Å².